The molecule has 0 aliphatic rings. The number of ether oxygens (including phenoxy) is 1. The molecule has 0 saturated carbocycles. The predicted octanol–water partition coefficient (Wildman–Crippen LogP) is 3.98. The van der Waals surface area contributed by atoms with E-state index < -0.39 is 5.82 Å². The topological polar surface area (TPSA) is 55.4 Å². The lowest BCUT2D eigenvalue weighted by Gasteiger charge is -2.15. The van der Waals surface area contributed by atoms with Gasteiger partial charge in [-0.05, 0) is 34.5 Å². The lowest BCUT2D eigenvalue weighted by atomic mass is 10.2. The fraction of sp³-hybridized carbons (Fsp3) is 0.429. The molecule has 1 aromatic rings. The number of anilines is 1. The fourth-order valence-corrected chi connectivity index (χ4v) is 3.48. The van der Waals surface area contributed by atoms with Gasteiger partial charge in [-0.1, -0.05) is 13.3 Å². The average molecular weight is 378 g/mol. The number of halogens is 2. The van der Waals surface area contributed by atoms with Crippen LogP contribution in [0.2, 0.25) is 0 Å². The summed E-state index contributed by atoms with van der Waals surface area (Å²) >= 11 is 4.56. The Bertz CT molecular complexity index is 539. The SMILES string of the molecule is CCCC(Sc1cc(NC(C)=O)c(F)cc1Br)C(=O)OC. The summed E-state index contributed by atoms with van der Waals surface area (Å²) in [5.74, 6) is -1.21. The van der Waals surface area contributed by atoms with Gasteiger partial charge in [0.15, 0.2) is 0 Å². The number of carbonyl (C=O) groups excluding carboxylic acids is 2. The van der Waals surface area contributed by atoms with Crippen LogP contribution in [0.5, 0.6) is 0 Å². The van der Waals surface area contributed by atoms with Gasteiger partial charge in [-0.15, -0.1) is 11.8 Å². The molecule has 0 saturated heterocycles. The Labute approximate surface area is 135 Å². The minimum atomic E-state index is -0.536. The molecule has 21 heavy (non-hydrogen) atoms. The van der Waals surface area contributed by atoms with Gasteiger partial charge in [0.1, 0.15) is 11.1 Å². The van der Waals surface area contributed by atoms with Crippen LogP contribution in [0.4, 0.5) is 10.1 Å². The van der Waals surface area contributed by atoms with Crippen LogP contribution < -0.4 is 5.32 Å². The van der Waals surface area contributed by atoms with Crippen LogP contribution in [0.25, 0.3) is 0 Å². The molecule has 7 heteroatoms. The monoisotopic (exact) mass is 377 g/mol. The van der Waals surface area contributed by atoms with Crippen LogP contribution in [0.3, 0.4) is 0 Å². The van der Waals surface area contributed by atoms with Crippen molar-refractivity contribution in [2.75, 3.05) is 12.4 Å². The summed E-state index contributed by atoms with van der Waals surface area (Å²) < 4.78 is 19.1. The van der Waals surface area contributed by atoms with Gasteiger partial charge in [0.25, 0.3) is 0 Å². The Morgan fingerprint density at radius 3 is 2.67 bits per heavy atom. The highest BCUT2D eigenvalue weighted by Crippen LogP contribution is 2.36. The van der Waals surface area contributed by atoms with E-state index in [1.807, 2.05) is 6.92 Å². The van der Waals surface area contributed by atoms with Crippen molar-refractivity contribution in [1.82, 2.24) is 0 Å². The first-order valence-electron chi connectivity index (χ1n) is 6.40. The number of carbonyl (C=O) groups is 2. The predicted molar refractivity (Wildman–Crippen MR) is 85.0 cm³/mol. The Morgan fingerprint density at radius 1 is 1.48 bits per heavy atom. The van der Waals surface area contributed by atoms with E-state index in [2.05, 4.69) is 21.2 Å². The van der Waals surface area contributed by atoms with Gasteiger partial charge in [0, 0.05) is 16.3 Å². The maximum absolute atomic E-state index is 13.8. The zero-order valence-corrected chi connectivity index (χ0v) is 14.4. The zero-order valence-electron chi connectivity index (χ0n) is 12.0. The summed E-state index contributed by atoms with van der Waals surface area (Å²) in [6, 6.07) is 2.78. The number of thioether (sulfide) groups is 1. The molecule has 0 aliphatic carbocycles. The zero-order chi connectivity index (χ0) is 16.0. The molecule has 116 valence electrons. The minimum Gasteiger partial charge on any atom is -0.468 e. The Kier molecular flexibility index (Phi) is 7.17. The van der Waals surface area contributed by atoms with E-state index in [-0.39, 0.29) is 22.8 Å². The Hall–Kier alpha value is -1.08. The molecule has 1 amide bonds. The summed E-state index contributed by atoms with van der Waals surface area (Å²) in [5, 5.41) is 2.06. The highest BCUT2D eigenvalue weighted by atomic mass is 79.9. The molecule has 0 heterocycles. The van der Waals surface area contributed by atoms with E-state index in [4.69, 9.17) is 4.74 Å². The minimum absolute atomic E-state index is 0.0910. The maximum atomic E-state index is 13.8. The third-order valence-electron chi connectivity index (χ3n) is 2.62. The van der Waals surface area contributed by atoms with Gasteiger partial charge < -0.3 is 10.1 Å². The standard InChI is InChI=1S/C14H17BrFNO3S/c1-4-5-12(14(19)20-3)21-13-7-11(17-8(2)18)10(16)6-9(13)15/h6-7,12H,4-5H2,1-3H3,(H,17,18). The summed E-state index contributed by atoms with van der Waals surface area (Å²) in [5.41, 5.74) is 0.0910. The van der Waals surface area contributed by atoms with Crippen LogP contribution in [0, 0.1) is 5.82 Å². The molecule has 1 aromatic carbocycles. The van der Waals surface area contributed by atoms with Crippen molar-refractivity contribution in [2.45, 2.75) is 36.8 Å². The average Bonchev–Trinajstić information content (AvgIpc) is 2.41. The third kappa shape index (κ3) is 5.32. The van der Waals surface area contributed by atoms with E-state index >= 15 is 0 Å². The lowest BCUT2D eigenvalue weighted by molar-refractivity contribution is -0.140. The van der Waals surface area contributed by atoms with Crippen molar-refractivity contribution in [2.24, 2.45) is 0 Å². The van der Waals surface area contributed by atoms with Gasteiger partial charge in [-0.3, -0.25) is 9.59 Å². The number of hydrogen-bond acceptors (Lipinski definition) is 4. The second-order valence-corrected chi connectivity index (χ2v) is 6.46. The van der Waals surface area contributed by atoms with E-state index in [0.717, 1.165) is 6.42 Å². The van der Waals surface area contributed by atoms with Crippen molar-refractivity contribution >= 4 is 45.3 Å². The van der Waals surface area contributed by atoms with Crippen LogP contribution >= 0.6 is 27.7 Å². The van der Waals surface area contributed by atoms with Crippen molar-refractivity contribution in [3.8, 4) is 0 Å². The smallest absolute Gasteiger partial charge is 0.319 e. The quantitative estimate of drug-likeness (QED) is 0.601. The first-order valence-corrected chi connectivity index (χ1v) is 8.07. The second-order valence-electron chi connectivity index (χ2n) is 4.36. The van der Waals surface area contributed by atoms with Crippen molar-refractivity contribution < 1.29 is 18.7 Å². The largest absolute Gasteiger partial charge is 0.468 e. The Balaban J connectivity index is 3.05. The van der Waals surface area contributed by atoms with Gasteiger partial charge in [-0.25, -0.2) is 4.39 Å². The molecule has 0 fully saturated rings. The molecular weight excluding hydrogens is 361 g/mol. The van der Waals surface area contributed by atoms with E-state index in [0.29, 0.717) is 15.8 Å². The number of hydrogen-bond donors (Lipinski definition) is 1. The van der Waals surface area contributed by atoms with Gasteiger partial charge in [0.05, 0.1) is 12.8 Å². The molecule has 0 bridgehead atoms. The number of nitrogens with one attached hydrogen (secondary N) is 1. The summed E-state index contributed by atoms with van der Waals surface area (Å²) in [7, 11) is 1.34. The van der Waals surface area contributed by atoms with Crippen molar-refractivity contribution in [1.29, 1.82) is 0 Å². The molecule has 1 atom stereocenters. The van der Waals surface area contributed by atoms with Crippen molar-refractivity contribution in [3.63, 3.8) is 0 Å². The first-order chi connectivity index (χ1) is 9.88. The van der Waals surface area contributed by atoms with Gasteiger partial charge >= 0.3 is 5.97 Å². The number of amides is 1. The molecule has 1 N–H and O–H groups in total. The van der Waals surface area contributed by atoms with Crippen molar-refractivity contribution in [3.05, 3.63) is 22.4 Å². The molecule has 0 aliphatic heterocycles. The maximum Gasteiger partial charge on any atom is 0.319 e. The van der Waals surface area contributed by atoms with Gasteiger partial charge in [-0.2, -0.15) is 0 Å². The number of esters is 1. The highest BCUT2D eigenvalue weighted by Gasteiger charge is 2.21. The normalized spacial score (nSPS) is 11.9. The van der Waals surface area contributed by atoms with Crippen LogP contribution in [-0.4, -0.2) is 24.2 Å². The van der Waals surface area contributed by atoms with E-state index in [1.54, 1.807) is 0 Å². The van der Waals surface area contributed by atoms with E-state index in [1.165, 1.54) is 37.9 Å². The molecule has 0 aromatic heterocycles. The lowest BCUT2D eigenvalue weighted by Crippen LogP contribution is -2.18. The van der Waals surface area contributed by atoms with Crippen LogP contribution in [-0.2, 0) is 14.3 Å². The molecule has 1 rings (SSSR count). The fourth-order valence-electron chi connectivity index (χ4n) is 1.68. The molecule has 0 radical (unpaired) electrons. The first kappa shape index (κ1) is 18.0. The third-order valence-corrected chi connectivity index (χ3v) is 4.84. The van der Waals surface area contributed by atoms with Crippen LogP contribution in [0.15, 0.2) is 21.5 Å². The summed E-state index contributed by atoms with van der Waals surface area (Å²) in [6.07, 6.45) is 1.47. The molecule has 4 nitrogen and oxygen atoms in total. The summed E-state index contributed by atoms with van der Waals surface area (Å²) in [4.78, 5) is 23.5. The molecule has 0 spiro atoms. The number of methoxy groups -OCH3 is 1. The highest BCUT2D eigenvalue weighted by molar-refractivity contribution is 9.10. The number of rotatable bonds is 6. The van der Waals surface area contributed by atoms with Crippen LogP contribution in [0.1, 0.15) is 26.7 Å². The van der Waals surface area contributed by atoms with E-state index in [9.17, 15) is 14.0 Å². The van der Waals surface area contributed by atoms with Gasteiger partial charge in [0.2, 0.25) is 5.91 Å². The molecular formula is C14H17BrFNO3S. The summed E-state index contributed by atoms with van der Waals surface area (Å²) in [6.45, 7) is 3.28. The second kappa shape index (κ2) is 8.38. The number of benzene rings is 1. The Morgan fingerprint density at radius 2 is 2.14 bits per heavy atom. The molecule has 1 unspecified atom stereocenters.